The lowest BCUT2D eigenvalue weighted by atomic mass is 9.80. The Labute approximate surface area is 260 Å². The van der Waals surface area contributed by atoms with Crippen LogP contribution >= 0.6 is 12.4 Å². The monoisotopic (exact) mass is 624 g/mol. The first-order valence-corrected chi connectivity index (χ1v) is 15.7. The summed E-state index contributed by atoms with van der Waals surface area (Å²) in [5, 5.41) is 3.20. The average Bonchev–Trinajstić information content (AvgIpc) is 3.31. The van der Waals surface area contributed by atoms with Crippen molar-refractivity contribution in [3.8, 4) is 0 Å². The van der Waals surface area contributed by atoms with E-state index in [2.05, 4.69) is 10.2 Å². The Morgan fingerprint density at radius 2 is 1.65 bits per heavy atom. The molecular weight excluding hydrogens is 578 g/mol. The number of carbonyl (C=O) groups is 3. The second-order valence-electron chi connectivity index (χ2n) is 13.0. The van der Waals surface area contributed by atoms with Crippen molar-refractivity contribution in [1.29, 1.82) is 0 Å². The Morgan fingerprint density at radius 3 is 2.23 bits per heavy atom. The molecule has 5 rings (SSSR count). The number of nitrogens with one attached hydrogen (secondary N) is 1. The summed E-state index contributed by atoms with van der Waals surface area (Å²) in [5.74, 6) is -3.27. The van der Waals surface area contributed by atoms with Crippen molar-refractivity contribution in [1.82, 2.24) is 20.0 Å². The highest BCUT2D eigenvalue weighted by Crippen LogP contribution is 2.48. The SMILES string of the molecule is COCCCN1C(=O)N(C(C)C)C2(CC3CCC(C2)N3CC[C@H](NC(=O)C2CCC(F)(F)CC2)c2ccccc2)C1=O.Cl. The van der Waals surface area contributed by atoms with Gasteiger partial charge >= 0.3 is 6.03 Å². The fraction of sp³-hybridized carbons (Fsp3) is 0.719. The van der Waals surface area contributed by atoms with Crippen LogP contribution in [-0.4, -0.2) is 88.9 Å². The lowest BCUT2D eigenvalue weighted by molar-refractivity contribution is -0.138. The molecule has 3 atom stereocenters. The summed E-state index contributed by atoms with van der Waals surface area (Å²) >= 11 is 0. The van der Waals surface area contributed by atoms with Gasteiger partial charge in [0.15, 0.2) is 0 Å². The molecule has 0 radical (unpaired) electrons. The van der Waals surface area contributed by atoms with Crippen molar-refractivity contribution < 1.29 is 27.9 Å². The summed E-state index contributed by atoms with van der Waals surface area (Å²) in [6, 6.07) is 9.69. The van der Waals surface area contributed by atoms with Gasteiger partial charge in [-0.15, -0.1) is 12.4 Å². The predicted molar refractivity (Wildman–Crippen MR) is 162 cm³/mol. The zero-order valence-corrected chi connectivity index (χ0v) is 26.4. The van der Waals surface area contributed by atoms with E-state index >= 15 is 0 Å². The van der Waals surface area contributed by atoms with Crippen LogP contribution in [0.25, 0.3) is 0 Å². The molecule has 3 saturated heterocycles. The van der Waals surface area contributed by atoms with Gasteiger partial charge in [0.05, 0.1) is 6.04 Å². The minimum atomic E-state index is -2.67. The zero-order valence-electron chi connectivity index (χ0n) is 25.6. The number of piperidine rings is 1. The van der Waals surface area contributed by atoms with Crippen molar-refractivity contribution in [3.05, 3.63) is 35.9 Å². The van der Waals surface area contributed by atoms with Crippen molar-refractivity contribution in [2.75, 3.05) is 26.8 Å². The van der Waals surface area contributed by atoms with Crippen molar-refractivity contribution in [2.45, 2.75) is 114 Å². The number of halogens is 3. The number of hydrogen-bond acceptors (Lipinski definition) is 5. The Kier molecular flexibility index (Phi) is 10.8. The van der Waals surface area contributed by atoms with Gasteiger partial charge in [0.2, 0.25) is 11.8 Å². The Hall–Kier alpha value is -2.30. The number of nitrogens with zero attached hydrogens (tertiary/aromatic N) is 3. The highest BCUT2D eigenvalue weighted by Gasteiger charge is 2.63. The molecule has 0 aromatic heterocycles. The molecule has 4 fully saturated rings. The van der Waals surface area contributed by atoms with Crippen molar-refractivity contribution in [2.24, 2.45) is 5.92 Å². The molecule has 4 aliphatic rings. The van der Waals surface area contributed by atoms with Gasteiger partial charge in [-0.2, -0.15) is 0 Å². The third kappa shape index (κ3) is 6.86. The van der Waals surface area contributed by atoms with E-state index in [1.165, 1.54) is 4.90 Å². The molecule has 1 N–H and O–H groups in total. The number of imide groups is 1. The summed E-state index contributed by atoms with van der Waals surface area (Å²) in [7, 11) is 1.62. The number of rotatable bonds is 11. The maximum atomic E-state index is 13.9. The van der Waals surface area contributed by atoms with Crippen LogP contribution < -0.4 is 5.32 Å². The molecule has 240 valence electrons. The lowest BCUT2D eigenvalue weighted by Gasteiger charge is -2.48. The van der Waals surface area contributed by atoms with Gasteiger partial charge in [0, 0.05) is 63.7 Å². The first kappa shape index (κ1) is 33.6. The highest BCUT2D eigenvalue weighted by molar-refractivity contribution is 6.07. The van der Waals surface area contributed by atoms with Gasteiger partial charge < -0.3 is 15.0 Å². The normalized spacial score (nSPS) is 28.0. The van der Waals surface area contributed by atoms with E-state index in [1.54, 1.807) is 7.11 Å². The summed E-state index contributed by atoms with van der Waals surface area (Å²) in [5.41, 5.74) is 0.193. The Bertz CT molecular complexity index is 1120. The van der Waals surface area contributed by atoms with Gasteiger partial charge in [-0.05, 0) is 70.8 Å². The molecule has 3 aliphatic heterocycles. The molecule has 8 nitrogen and oxygen atoms in total. The van der Waals surface area contributed by atoms with E-state index in [9.17, 15) is 23.2 Å². The summed E-state index contributed by atoms with van der Waals surface area (Å²) in [4.78, 5) is 46.3. The number of carbonyl (C=O) groups excluding carboxylic acids is 3. The van der Waals surface area contributed by atoms with Gasteiger partial charge in [0.1, 0.15) is 5.54 Å². The first-order chi connectivity index (χ1) is 20.1. The molecule has 2 bridgehead atoms. The fourth-order valence-corrected chi connectivity index (χ4v) is 7.96. The minimum Gasteiger partial charge on any atom is -0.385 e. The van der Waals surface area contributed by atoms with Crippen molar-refractivity contribution in [3.63, 3.8) is 0 Å². The smallest absolute Gasteiger partial charge is 0.327 e. The number of methoxy groups -OCH3 is 1. The Morgan fingerprint density at radius 1 is 1.02 bits per heavy atom. The Balaban J connectivity index is 0.00000423. The quantitative estimate of drug-likeness (QED) is 0.258. The molecule has 43 heavy (non-hydrogen) atoms. The summed E-state index contributed by atoms with van der Waals surface area (Å²) in [6.45, 7) is 5.58. The number of ether oxygens (including phenoxy) is 1. The maximum Gasteiger partial charge on any atom is 0.327 e. The first-order valence-electron chi connectivity index (χ1n) is 15.7. The van der Waals surface area contributed by atoms with Crippen LogP contribution in [0.5, 0.6) is 0 Å². The van der Waals surface area contributed by atoms with Crippen LogP contribution in [-0.2, 0) is 14.3 Å². The summed E-state index contributed by atoms with van der Waals surface area (Å²) in [6.07, 6.45) is 4.42. The lowest BCUT2D eigenvalue weighted by Crippen LogP contribution is -2.61. The second-order valence-corrected chi connectivity index (χ2v) is 13.0. The molecule has 1 saturated carbocycles. The molecule has 2 unspecified atom stereocenters. The van der Waals surface area contributed by atoms with Gasteiger partial charge in [-0.1, -0.05) is 30.3 Å². The van der Waals surface area contributed by atoms with E-state index in [0.717, 1.165) is 24.9 Å². The van der Waals surface area contributed by atoms with Gasteiger partial charge in [0.25, 0.3) is 5.91 Å². The topological polar surface area (TPSA) is 82.2 Å². The highest BCUT2D eigenvalue weighted by atomic mass is 35.5. The predicted octanol–water partition coefficient (Wildman–Crippen LogP) is 5.56. The average molecular weight is 625 g/mol. The number of alkyl halides is 2. The number of fused-ring (bicyclic) bond motifs is 2. The number of amides is 4. The number of urea groups is 1. The van der Waals surface area contributed by atoms with Crippen LogP contribution in [0.15, 0.2) is 30.3 Å². The van der Waals surface area contributed by atoms with E-state index in [4.69, 9.17) is 4.74 Å². The molecule has 1 aromatic rings. The minimum absolute atomic E-state index is 0. The largest absolute Gasteiger partial charge is 0.385 e. The van der Waals surface area contributed by atoms with Crippen LogP contribution in [0.2, 0.25) is 0 Å². The second kappa shape index (κ2) is 13.8. The fourth-order valence-electron chi connectivity index (χ4n) is 7.96. The van der Waals surface area contributed by atoms with Crippen molar-refractivity contribution >= 4 is 30.3 Å². The van der Waals surface area contributed by atoms with Crippen LogP contribution in [0, 0.1) is 5.92 Å². The van der Waals surface area contributed by atoms with Gasteiger partial charge in [-0.3, -0.25) is 19.4 Å². The van der Waals surface area contributed by atoms with Crippen LogP contribution in [0.3, 0.4) is 0 Å². The van der Waals surface area contributed by atoms with Crippen LogP contribution in [0.1, 0.15) is 89.7 Å². The molecule has 1 aliphatic carbocycles. The third-order valence-corrected chi connectivity index (χ3v) is 9.99. The van der Waals surface area contributed by atoms with E-state index in [0.29, 0.717) is 38.8 Å². The van der Waals surface area contributed by atoms with Gasteiger partial charge in [-0.25, -0.2) is 13.6 Å². The van der Waals surface area contributed by atoms with E-state index < -0.39 is 11.5 Å². The molecule has 4 amide bonds. The number of benzene rings is 1. The van der Waals surface area contributed by atoms with E-state index in [1.807, 2.05) is 49.1 Å². The molecule has 1 spiro atoms. The molecule has 3 heterocycles. The van der Waals surface area contributed by atoms with E-state index in [-0.39, 0.29) is 86.0 Å². The summed E-state index contributed by atoms with van der Waals surface area (Å²) < 4.78 is 32.6. The molecule has 1 aromatic carbocycles. The number of hydrogen-bond donors (Lipinski definition) is 1. The third-order valence-electron chi connectivity index (χ3n) is 9.99. The zero-order chi connectivity index (χ0) is 30.1. The van der Waals surface area contributed by atoms with Crippen LogP contribution in [0.4, 0.5) is 13.6 Å². The standard InChI is InChI=1S/C32H46F2N4O4.ClH/c1-22(2)38-30(41)37(17-7-19-42-3)29(40)31(38)20-25-10-11-26(21-31)36(25)18-14-27(23-8-5-4-6-9-23)35-28(39)24-12-15-32(33,34)16-13-24;/h4-6,8-9,22,24-27H,7,10-21H2,1-3H3,(H,35,39);1H/t25?,26?,27-,31?;/m0./s1. The maximum absolute atomic E-state index is 13.9. The molecular formula is C32H47ClF2N4O4. The molecule has 11 heteroatoms.